The zero-order chi connectivity index (χ0) is 16.4. The normalized spacial score (nSPS) is 28.1. The number of nitrogens with one attached hydrogen (secondary N) is 1. The van der Waals surface area contributed by atoms with E-state index in [1.54, 1.807) is 0 Å². The number of amides is 2. The Bertz CT molecular complexity index is 493. The van der Waals surface area contributed by atoms with Crippen molar-refractivity contribution in [1.82, 2.24) is 10.2 Å². The van der Waals surface area contributed by atoms with Gasteiger partial charge in [-0.25, -0.2) is 4.79 Å². The number of aliphatic carboxylic acids is 1. The van der Waals surface area contributed by atoms with Crippen LogP contribution < -0.4 is 5.32 Å². The van der Waals surface area contributed by atoms with Crippen LogP contribution in [0.15, 0.2) is 0 Å². The highest BCUT2D eigenvalue weighted by Gasteiger charge is 2.45. The average molecular weight is 322 g/mol. The van der Waals surface area contributed by atoms with E-state index in [-0.39, 0.29) is 24.3 Å². The van der Waals surface area contributed by atoms with Crippen LogP contribution in [0.2, 0.25) is 0 Å². The van der Waals surface area contributed by atoms with Crippen LogP contribution in [0.1, 0.15) is 64.2 Å². The van der Waals surface area contributed by atoms with Crippen molar-refractivity contribution in [2.45, 2.75) is 75.8 Å². The van der Waals surface area contributed by atoms with Crippen molar-refractivity contribution in [2.75, 3.05) is 6.54 Å². The van der Waals surface area contributed by atoms with Gasteiger partial charge in [-0.1, -0.05) is 32.1 Å². The van der Waals surface area contributed by atoms with Crippen molar-refractivity contribution in [3.05, 3.63) is 0 Å². The predicted octanol–water partition coefficient (Wildman–Crippen LogP) is 1.68. The molecule has 6 heteroatoms. The van der Waals surface area contributed by atoms with E-state index >= 15 is 0 Å². The third-order valence-electron chi connectivity index (χ3n) is 5.77. The molecular formula is C17H26N2O4. The van der Waals surface area contributed by atoms with Gasteiger partial charge in [0.25, 0.3) is 0 Å². The lowest BCUT2D eigenvalue weighted by atomic mass is 9.81. The van der Waals surface area contributed by atoms with Crippen LogP contribution in [-0.4, -0.2) is 45.9 Å². The standard InChI is InChI=1S/C17H26N2O4/c20-14-10-12(11-19(14)13-6-2-3-7-13)15(21)18-17(16(22)23)8-4-1-5-9-17/h12-13H,1-11H2,(H,18,21)(H,22,23). The highest BCUT2D eigenvalue weighted by atomic mass is 16.4. The summed E-state index contributed by atoms with van der Waals surface area (Å²) in [6.45, 7) is 0.449. The molecule has 1 saturated heterocycles. The van der Waals surface area contributed by atoms with Gasteiger partial charge >= 0.3 is 5.97 Å². The number of hydrogen-bond acceptors (Lipinski definition) is 3. The first kappa shape index (κ1) is 16.3. The molecule has 1 aliphatic heterocycles. The Morgan fingerprint density at radius 2 is 1.74 bits per heavy atom. The molecule has 1 heterocycles. The number of carboxylic acid groups (broad SMARTS) is 1. The molecule has 2 aliphatic carbocycles. The van der Waals surface area contributed by atoms with Gasteiger partial charge in [0.05, 0.1) is 5.92 Å². The van der Waals surface area contributed by atoms with Crippen molar-refractivity contribution in [3.63, 3.8) is 0 Å². The average Bonchev–Trinajstić information content (AvgIpc) is 3.17. The SMILES string of the molecule is O=C(NC1(C(=O)O)CCCCC1)C1CC(=O)N(C2CCCC2)C1. The van der Waals surface area contributed by atoms with Crippen molar-refractivity contribution in [1.29, 1.82) is 0 Å². The Morgan fingerprint density at radius 1 is 1.09 bits per heavy atom. The predicted molar refractivity (Wildman–Crippen MR) is 83.7 cm³/mol. The monoisotopic (exact) mass is 322 g/mol. The first-order valence-corrected chi connectivity index (χ1v) is 8.87. The Hall–Kier alpha value is -1.59. The lowest BCUT2D eigenvalue weighted by Gasteiger charge is -2.34. The molecule has 0 radical (unpaired) electrons. The molecule has 2 amide bonds. The zero-order valence-electron chi connectivity index (χ0n) is 13.6. The maximum Gasteiger partial charge on any atom is 0.329 e. The van der Waals surface area contributed by atoms with Crippen LogP contribution >= 0.6 is 0 Å². The van der Waals surface area contributed by atoms with Gasteiger partial charge in [-0.05, 0) is 25.7 Å². The molecule has 2 N–H and O–H groups in total. The smallest absolute Gasteiger partial charge is 0.329 e. The lowest BCUT2D eigenvalue weighted by molar-refractivity contribution is -0.150. The van der Waals surface area contributed by atoms with Crippen molar-refractivity contribution in [2.24, 2.45) is 5.92 Å². The highest BCUT2D eigenvalue weighted by molar-refractivity contribution is 5.92. The van der Waals surface area contributed by atoms with Gasteiger partial charge < -0.3 is 15.3 Å². The summed E-state index contributed by atoms with van der Waals surface area (Å²) < 4.78 is 0. The largest absolute Gasteiger partial charge is 0.480 e. The number of carbonyl (C=O) groups excluding carboxylic acids is 2. The summed E-state index contributed by atoms with van der Waals surface area (Å²) >= 11 is 0. The molecule has 3 fully saturated rings. The molecule has 23 heavy (non-hydrogen) atoms. The highest BCUT2D eigenvalue weighted by Crippen LogP contribution is 2.32. The molecule has 0 spiro atoms. The summed E-state index contributed by atoms with van der Waals surface area (Å²) in [5.41, 5.74) is -1.13. The van der Waals surface area contributed by atoms with Gasteiger partial charge in [0.15, 0.2) is 0 Å². The number of carboxylic acids is 1. The van der Waals surface area contributed by atoms with E-state index in [1.165, 1.54) is 0 Å². The van der Waals surface area contributed by atoms with Crippen molar-refractivity contribution in [3.8, 4) is 0 Å². The fraction of sp³-hybridized carbons (Fsp3) is 0.824. The van der Waals surface area contributed by atoms with Crippen LogP contribution in [0, 0.1) is 5.92 Å². The molecule has 1 atom stereocenters. The van der Waals surface area contributed by atoms with Crippen LogP contribution in [0.4, 0.5) is 0 Å². The number of rotatable bonds is 4. The first-order valence-electron chi connectivity index (χ1n) is 8.87. The molecule has 2 saturated carbocycles. The first-order chi connectivity index (χ1) is 11.0. The minimum absolute atomic E-state index is 0.0464. The van der Waals surface area contributed by atoms with E-state index < -0.39 is 17.4 Å². The van der Waals surface area contributed by atoms with E-state index in [2.05, 4.69) is 5.32 Å². The molecule has 0 aromatic carbocycles. The molecule has 6 nitrogen and oxygen atoms in total. The van der Waals surface area contributed by atoms with Gasteiger partial charge in [0.2, 0.25) is 11.8 Å². The second-order valence-electron chi connectivity index (χ2n) is 7.32. The van der Waals surface area contributed by atoms with Crippen LogP contribution in [0.25, 0.3) is 0 Å². The third-order valence-corrected chi connectivity index (χ3v) is 5.77. The molecular weight excluding hydrogens is 296 g/mol. The zero-order valence-corrected chi connectivity index (χ0v) is 13.6. The summed E-state index contributed by atoms with van der Waals surface area (Å²) in [5.74, 6) is -1.56. The summed E-state index contributed by atoms with van der Waals surface area (Å²) in [6.07, 6.45) is 8.20. The van der Waals surface area contributed by atoms with E-state index in [0.717, 1.165) is 44.9 Å². The van der Waals surface area contributed by atoms with Gasteiger partial charge in [-0.3, -0.25) is 9.59 Å². The van der Waals surface area contributed by atoms with Crippen LogP contribution in [0.3, 0.4) is 0 Å². The summed E-state index contributed by atoms with van der Waals surface area (Å²) in [5, 5.41) is 12.4. The third kappa shape index (κ3) is 3.21. The molecule has 0 bridgehead atoms. The molecule has 3 rings (SSSR count). The number of nitrogens with zero attached hydrogens (tertiary/aromatic N) is 1. The maximum atomic E-state index is 12.6. The van der Waals surface area contributed by atoms with Gasteiger partial charge in [-0.15, -0.1) is 0 Å². The van der Waals surface area contributed by atoms with Crippen molar-refractivity contribution >= 4 is 17.8 Å². The molecule has 0 aromatic heterocycles. The van der Waals surface area contributed by atoms with Gasteiger partial charge in [-0.2, -0.15) is 0 Å². The lowest BCUT2D eigenvalue weighted by Crippen LogP contribution is -2.57. The summed E-state index contributed by atoms with van der Waals surface area (Å²) in [4.78, 5) is 38.3. The Kier molecular flexibility index (Phi) is 4.60. The van der Waals surface area contributed by atoms with E-state index in [4.69, 9.17) is 0 Å². The summed E-state index contributed by atoms with van der Waals surface area (Å²) in [6, 6.07) is 0.281. The minimum atomic E-state index is -1.13. The summed E-state index contributed by atoms with van der Waals surface area (Å²) in [7, 11) is 0. The van der Waals surface area contributed by atoms with Crippen LogP contribution in [0.5, 0.6) is 0 Å². The number of likely N-dealkylation sites (tertiary alicyclic amines) is 1. The second kappa shape index (κ2) is 6.49. The van der Waals surface area contributed by atoms with Gasteiger partial charge in [0, 0.05) is 19.0 Å². The Balaban J connectivity index is 1.63. The fourth-order valence-corrected chi connectivity index (χ4v) is 4.36. The maximum absolute atomic E-state index is 12.6. The fourth-order valence-electron chi connectivity index (χ4n) is 4.36. The van der Waals surface area contributed by atoms with E-state index in [0.29, 0.717) is 19.4 Å². The molecule has 128 valence electrons. The van der Waals surface area contributed by atoms with Gasteiger partial charge in [0.1, 0.15) is 5.54 Å². The molecule has 1 unspecified atom stereocenters. The van der Waals surface area contributed by atoms with E-state index in [1.807, 2.05) is 4.90 Å². The second-order valence-corrected chi connectivity index (χ2v) is 7.32. The van der Waals surface area contributed by atoms with Crippen LogP contribution in [-0.2, 0) is 14.4 Å². The number of hydrogen-bond donors (Lipinski definition) is 2. The number of carbonyl (C=O) groups is 3. The quantitative estimate of drug-likeness (QED) is 0.824. The molecule has 0 aromatic rings. The molecule has 3 aliphatic rings. The van der Waals surface area contributed by atoms with E-state index in [9.17, 15) is 19.5 Å². The van der Waals surface area contributed by atoms with Crippen molar-refractivity contribution < 1.29 is 19.5 Å². The Morgan fingerprint density at radius 3 is 2.35 bits per heavy atom. The minimum Gasteiger partial charge on any atom is -0.480 e. The Labute approximate surface area is 136 Å². The topological polar surface area (TPSA) is 86.7 Å².